The van der Waals surface area contributed by atoms with Gasteiger partial charge in [-0.1, -0.05) is 25.7 Å². The fourth-order valence-electron chi connectivity index (χ4n) is 2.52. The maximum Gasteiger partial charge on any atom is 0.137 e. The summed E-state index contributed by atoms with van der Waals surface area (Å²) in [5, 5.41) is 0. The first-order chi connectivity index (χ1) is 6.27. The Bertz CT molecular complexity index is 198. The minimum Gasteiger partial charge on any atom is -0.327 e. The van der Waals surface area contributed by atoms with Crippen molar-refractivity contribution in [3.05, 3.63) is 0 Å². The van der Waals surface area contributed by atoms with E-state index in [1.807, 2.05) is 0 Å². The predicted molar refractivity (Wildman–Crippen MR) is 52.3 cm³/mol. The maximum atomic E-state index is 11.8. The molecule has 2 saturated carbocycles. The Hall–Kier alpha value is -0.370. The number of carbonyl (C=O) groups excluding carboxylic acids is 1. The third kappa shape index (κ3) is 1.93. The highest BCUT2D eigenvalue weighted by Crippen LogP contribution is 2.33. The summed E-state index contributed by atoms with van der Waals surface area (Å²) < 4.78 is 0. The third-order valence-corrected chi connectivity index (χ3v) is 3.70. The maximum absolute atomic E-state index is 11.8. The van der Waals surface area contributed by atoms with Crippen LogP contribution in [0.15, 0.2) is 0 Å². The fourth-order valence-corrected chi connectivity index (χ4v) is 2.52. The van der Waals surface area contributed by atoms with Gasteiger partial charge in [-0.3, -0.25) is 4.79 Å². The van der Waals surface area contributed by atoms with Gasteiger partial charge in [0.2, 0.25) is 0 Å². The molecule has 2 aliphatic carbocycles. The molecule has 0 radical (unpaired) electrons. The lowest BCUT2D eigenvalue weighted by Gasteiger charge is -2.26. The van der Waals surface area contributed by atoms with E-state index in [0.29, 0.717) is 11.7 Å². The zero-order valence-electron chi connectivity index (χ0n) is 8.17. The highest BCUT2D eigenvalue weighted by molar-refractivity contribution is 5.82. The van der Waals surface area contributed by atoms with Crippen molar-refractivity contribution in [2.24, 2.45) is 17.6 Å². The molecule has 2 N–H and O–H groups in total. The van der Waals surface area contributed by atoms with Crippen LogP contribution in [0.3, 0.4) is 0 Å². The molecule has 0 bridgehead atoms. The molecule has 0 aliphatic heterocycles. The average molecular weight is 181 g/mol. The highest BCUT2D eigenvalue weighted by atomic mass is 16.1. The average Bonchev–Trinajstić information content (AvgIpc) is 2.43. The molecule has 2 atom stereocenters. The molecule has 2 rings (SSSR count). The summed E-state index contributed by atoms with van der Waals surface area (Å²) in [6.07, 6.45) is 7.95. The molecular formula is C11H19NO. The van der Waals surface area contributed by atoms with Crippen molar-refractivity contribution in [2.75, 3.05) is 0 Å². The van der Waals surface area contributed by atoms with Gasteiger partial charge in [0.25, 0.3) is 0 Å². The zero-order chi connectivity index (χ0) is 9.26. The van der Waals surface area contributed by atoms with Gasteiger partial charge in [-0.05, 0) is 18.8 Å². The van der Waals surface area contributed by atoms with Crippen LogP contribution in [-0.4, -0.2) is 11.8 Å². The van der Waals surface area contributed by atoms with Gasteiger partial charge in [0.05, 0.1) is 0 Å². The number of rotatable bonds is 3. The van der Waals surface area contributed by atoms with E-state index < -0.39 is 0 Å². The Morgan fingerprint density at radius 2 is 1.85 bits per heavy atom. The lowest BCUT2D eigenvalue weighted by Crippen LogP contribution is -2.32. The molecule has 2 aliphatic rings. The topological polar surface area (TPSA) is 43.1 Å². The first-order valence-electron chi connectivity index (χ1n) is 5.55. The summed E-state index contributed by atoms with van der Waals surface area (Å²) >= 11 is 0. The van der Waals surface area contributed by atoms with Crippen molar-refractivity contribution in [3.8, 4) is 0 Å². The second-order valence-electron chi connectivity index (χ2n) is 4.67. The lowest BCUT2D eigenvalue weighted by atomic mass is 9.79. The van der Waals surface area contributed by atoms with Crippen molar-refractivity contribution >= 4 is 5.78 Å². The summed E-state index contributed by atoms with van der Waals surface area (Å²) in [4.78, 5) is 11.8. The van der Waals surface area contributed by atoms with Crippen LogP contribution < -0.4 is 5.73 Å². The molecule has 13 heavy (non-hydrogen) atoms. The quantitative estimate of drug-likeness (QED) is 0.722. The van der Waals surface area contributed by atoms with E-state index in [9.17, 15) is 4.79 Å². The second-order valence-corrected chi connectivity index (χ2v) is 4.67. The fraction of sp³-hybridized carbons (Fsp3) is 0.909. The van der Waals surface area contributed by atoms with Crippen LogP contribution in [-0.2, 0) is 4.79 Å². The van der Waals surface area contributed by atoms with E-state index in [2.05, 4.69) is 0 Å². The number of Topliss-reactive ketones (excluding diaryl/α,β-unsaturated/α-hetero) is 1. The van der Waals surface area contributed by atoms with Crippen LogP contribution in [0.1, 0.15) is 44.9 Å². The van der Waals surface area contributed by atoms with E-state index in [0.717, 1.165) is 25.7 Å². The molecule has 74 valence electrons. The molecule has 2 unspecified atom stereocenters. The largest absolute Gasteiger partial charge is 0.327 e. The minimum atomic E-state index is 0.174. The van der Waals surface area contributed by atoms with Crippen LogP contribution in [0.4, 0.5) is 0 Å². The van der Waals surface area contributed by atoms with Gasteiger partial charge in [-0.2, -0.15) is 0 Å². The normalized spacial score (nSPS) is 34.5. The van der Waals surface area contributed by atoms with Crippen LogP contribution in [0, 0.1) is 11.8 Å². The summed E-state index contributed by atoms with van der Waals surface area (Å²) in [5.41, 5.74) is 5.89. The molecule has 2 fully saturated rings. The van der Waals surface area contributed by atoms with E-state index in [4.69, 9.17) is 5.73 Å². The second kappa shape index (κ2) is 3.79. The van der Waals surface area contributed by atoms with Crippen molar-refractivity contribution in [1.29, 1.82) is 0 Å². The third-order valence-electron chi connectivity index (χ3n) is 3.70. The molecule has 2 heteroatoms. The molecule has 0 amide bonds. The molecule has 0 spiro atoms. The van der Waals surface area contributed by atoms with Crippen molar-refractivity contribution < 1.29 is 4.79 Å². The Morgan fingerprint density at radius 3 is 2.31 bits per heavy atom. The molecule has 0 aromatic heterocycles. The van der Waals surface area contributed by atoms with Crippen LogP contribution in [0.25, 0.3) is 0 Å². The number of ketones is 1. The Balaban J connectivity index is 1.81. The van der Waals surface area contributed by atoms with E-state index in [-0.39, 0.29) is 12.0 Å². The standard InChI is InChI=1S/C11H19NO/c12-10-6-2-5-9(10)11(13)7-8-3-1-4-8/h8-10H,1-7,12H2. The van der Waals surface area contributed by atoms with Crippen LogP contribution in [0.2, 0.25) is 0 Å². The van der Waals surface area contributed by atoms with Gasteiger partial charge in [-0.25, -0.2) is 0 Å². The van der Waals surface area contributed by atoms with Crippen LogP contribution in [0.5, 0.6) is 0 Å². The SMILES string of the molecule is NC1CCCC1C(=O)CC1CCC1. The number of nitrogens with two attached hydrogens (primary N) is 1. The number of hydrogen-bond acceptors (Lipinski definition) is 2. The molecular weight excluding hydrogens is 162 g/mol. The summed E-state index contributed by atoms with van der Waals surface area (Å²) in [6.45, 7) is 0. The number of hydrogen-bond donors (Lipinski definition) is 1. The molecule has 2 nitrogen and oxygen atoms in total. The zero-order valence-corrected chi connectivity index (χ0v) is 8.17. The Labute approximate surface area is 79.9 Å². The summed E-state index contributed by atoms with van der Waals surface area (Å²) in [6, 6.07) is 0.174. The van der Waals surface area contributed by atoms with Gasteiger partial charge < -0.3 is 5.73 Å². The Morgan fingerprint density at radius 1 is 1.15 bits per heavy atom. The molecule has 0 aromatic rings. The minimum absolute atomic E-state index is 0.174. The number of carbonyl (C=O) groups is 1. The van der Waals surface area contributed by atoms with E-state index >= 15 is 0 Å². The van der Waals surface area contributed by atoms with Crippen molar-refractivity contribution in [3.63, 3.8) is 0 Å². The van der Waals surface area contributed by atoms with E-state index in [1.54, 1.807) is 0 Å². The summed E-state index contributed by atoms with van der Waals surface area (Å²) in [5.74, 6) is 1.37. The van der Waals surface area contributed by atoms with Gasteiger partial charge in [0.1, 0.15) is 5.78 Å². The van der Waals surface area contributed by atoms with Gasteiger partial charge >= 0.3 is 0 Å². The predicted octanol–water partition coefficient (Wildman–Crippen LogP) is 1.87. The van der Waals surface area contributed by atoms with Gasteiger partial charge in [0.15, 0.2) is 0 Å². The smallest absolute Gasteiger partial charge is 0.137 e. The first kappa shape index (κ1) is 9.20. The van der Waals surface area contributed by atoms with Gasteiger partial charge in [0, 0.05) is 18.4 Å². The van der Waals surface area contributed by atoms with E-state index in [1.165, 1.54) is 19.3 Å². The molecule has 0 aromatic carbocycles. The van der Waals surface area contributed by atoms with Crippen molar-refractivity contribution in [1.82, 2.24) is 0 Å². The highest BCUT2D eigenvalue weighted by Gasteiger charge is 2.32. The Kier molecular flexibility index (Phi) is 2.68. The summed E-state index contributed by atoms with van der Waals surface area (Å²) in [7, 11) is 0. The lowest BCUT2D eigenvalue weighted by molar-refractivity contribution is -0.124. The van der Waals surface area contributed by atoms with Crippen molar-refractivity contribution in [2.45, 2.75) is 51.0 Å². The monoisotopic (exact) mass is 181 g/mol. The first-order valence-corrected chi connectivity index (χ1v) is 5.55. The molecule has 0 saturated heterocycles. The van der Waals surface area contributed by atoms with Gasteiger partial charge in [-0.15, -0.1) is 0 Å². The molecule has 0 heterocycles. The van der Waals surface area contributed by atoms with Crippen LogP contribution >= 0.6 is 0 Å².